The Kier molecular flexibility index (Phi) is 5.05. The summed E-state index contributed by atoms with van der Waals surface area (Å²) < 4.78 is 12.8. The molecule has 1 aromatic rings. The molecule has 0 radical (unpaired) electrons. The van der Waals surface area contributed by atoms with Crippen molar-refractivity contribution in [2.24, 2.45) is 0 Å². The predicted octanol–water partition coefficient (Wildman–Crippen LogP) is 2.04. The van der Waals surface area contributed by atoms with Gasteiger partial charge < -0.3 is 9.80 Å². The van der Waals surface area contributed by atoms with Crippen LogP contribution in [0.5, 0.6) is 0 Å². The summed E-state index contributed by atoms with van der Waals surface area (Å²) in [5.74, 6) is -0.204. The number of piperazine rings is 1. The van der Waals surface area contributed by atoms with Gasteiger partial charge in [0, 0.05) is 44.7 Å². The Hall–Kier alpha value is -1.26. The fourth-order valence-electron chi connectivity index (χ4n) is 2.37. The monoisotopic (exact) mass is 264 g/mol. The van der Waals surface area contributed by atoms with Gasteiger partial charge in [0.25, 0.3) is 0 Å². The minimum atomic E-state index is -0.299. The molecule has 0 bridgehead atoms. The van der Waals surface area contributed by atoms with E-state index in [4.69, 9.17) is 0 Å². The highest BCUT2D eigenvalue weighted by Gasteiger charge is 2.16. The number of Topliss-reactive ketones (excluding diaryl/α,β-unsaturated/α-hetero) is 1. The fraction of sp³-hybridized carbons (Fsp3) is 0.533. The van der Waals surface area contributed by atoms with Crippen molar-refractivity contribution in [1.82, 2.24) is 9.80 Å². The third kappa shape index (κ3) is 4.11. The van der Waals surface area contributed by atoms with Crippen LogP contribution in [-0.4, -0.2) is 54.9 Å². The number of nitrogens with zero attached hydrogens (tertiary/aromatic N) is 2. The van der Waals surface area contributed by atoms with Gasteiger partial charge in [0.1, 0.15) is 5.82 Å². The van der Waals surface area contributed by atoms with Crippen LogP contribution in [0.4, 0.5) is 4.39 Å². The van der Waals surface area contributed by atoms with Gasteiger partial charge in [-0.15, -0.1) is 0 Å². The molecule has 0 aliphatic carbocycles. The van der Waals surface area contributed by atoms with E-state index in [2.05, 4.69) is 16.7 Å². The zero-order chi connectivity index (χ0) is 13.7. The van der Waals surface area contributed by atoms with Crippen LogP contribution in [0.3, 0.4) is 0 Å². The maximum absolute atomic E-state index is 12.8. The highest BCUT2D eigenvalue weighted by Crippen LogP contribution is 2.08. The van der Waals surface area contributed by atoms with E-state index in [1.807, 2.05) is 0 Å². The van der Waals surface area contributed by atoms with Crippen LogP contribution in [0.2, 0.25) is 0 Å². The Morgan fingerprint density at radius 1 is 1.11 bits per heavy atom. The molecule has 1 saturated heterocycles. The molecule has 0 aromatic heterocycles. The molecular formula is C15H21FN2O. The van der Waals surface area contributed by atoms with Gasteiger partial charge in [0.15, 0.2) is 5.78 Å². The smallest absolute Gasteiger partial charge is 0.164 e. The molecule has 0 spiro atoms. The first-order valence-corrected chi connectivity index (χ1v) is 6.92. The van der Waals surface area contributed by atoms with E-state index < -0.39 is 0 Å². The van der Waals surface area contributed by atoms with Crippen molar-refractivity contribution in [2.45, 2.75) is 13.3 Å². The first-order valence-electron chi connectivity index (χ1n) is 6.92. The SMILES string of the molecule is CCN1CCN(CCC(=O)c2ccc(F)cc2)CC1. The number of carbonyl (C=O) groups is 1. The zero-order valence-corrected chi connectivity index (χ0v) is 11.4. The molecule has 0 saturated carbocycles. The van der Waals surface area contributed by atoms with Gasteiger partial charge in [-0.1, -0.05) is 6.92 Å². The molecule has 1 fully saturated rings. The van der Waals surface area contributed by atoms with E-state index in [-0.39, 0.29) is 11.6 Å². The minimum Gasteiger partial charge on any atom is -0.301 e. The van der Waals surface area contributed by atoms with E-state index >= 15 is 0 Å². The number of rotatable bonds is 5. The Bertz CT molecular complexity index is 411. The number of ketones is 1. The molecule has 0 N–H and O–H groups in total. The second-order valence-electron chi connectivity index (χ2n) is 4.96. The molecule has 2 rings (SSSR count). The molecule has 104 valence electrons. The van der Waals surface area contributed by atoms with Crippen molar-refractivity contribution < 1.29 is 9.18 Å². The summed E-state index contributed by atoms with van der Waals surface area (Å²) in [5, 5.41) is 0. The molecule has 1 aliphatic heterocycles. The lowest BCUT2D eigenvalue weighted by molar-refractivity contribution is 0.0932. The topological polar surface area (TPSA) is 23.6 Å². The van der Waals surface area contributed by atoms with E-state index in [0.717, 1.165) is 39.3 Å². The maximum Gasteiger partial charge on any atom is 0.164 e. The van der Waals surface area contributed by atoms with Gasteiger partial charge in [0.2, 0.25) is 0 Å². The van der Waals surface area contributed by atoms with Crippen molar-refractivity contribution in [3.05, 3.63) is 35.6 Å². The van der Waals surface area contributed by atoms with Gasteiger partial charge in [-0.05, 0) is 30.8 Å². The molecule has 0 atom stereocenters. The quantitative estimate of drug-likeness (QED) is 0.760. The molecule has 3 nitrogen and oxygen atoms in total. The van der Waals surface area contributed by atoms with Gasteiger partial charge in [-0.2, -0.15) is 0 Å². The molecule has 1 aliphatic rings. The highest BCUT2D eigenvalue weighted by atomic mass is 19.1. The van der Waals surface area contributed by atoms with Crippen LogP contribution < -0.4 is 0 Å². The minimum absolute atomic E-state index is 0.0953. The van der Waals surface area contributed by atoms with E-state index in [1.54, 1.807) is 12.1 Å². The fourth-order valence-corrected chi connectivity index (χ4v) is 2.37. The Labute approximate surface area is 114 Å². The standard InChI is InChI=1S/C15H21FN2O/c1-2-17-9-11-18(12-10-17)8-7-15(19)13-3-5-14(16)6-4-13/h3-6H,2,7-12H2,1H3. The Morgan fingerprint density at radius 3 is 2.26 bits per heavy atom. The zero-order valence-electron chi connectivity index (χ0n) is 11.4. The van der Waals surface area contributed by atoms with Crippen molar-refractivity contribution in [2.75, 3.05) is 39.3 Å². The summed E-state index contributed by atoms with van der Waals surface area (Å²) in [4.78, 5) is 16.7. The van der Waals surface area contributed by atoms with Gasteiger partial charge in [-0.25, -0.2) is 4.39 Å². The number of likely N-dealkylation sites (N-methyl/N-ethyl adjacent to an activating group) is 1. The molecule has 0 amide bonds. The van der Waals surface area contributed by atoms with Crippen LogP contribution in [0.15, 0.2) is 24.3 Å². The summed E-state index contributed by atoms with van der Waals surface area (Å²) in [6, 6.07) is 5.81. The van der Waals surface area contributed by atoms with Crippen LogP contribution in [0.1, 0.15) is 23.7 Å². The Morgan fingerprint density at radius 2 is 1.68 bits per heavy atom. The largest absolute Gasteiger partial charge is 0.301 e. The number of hydrogen-bond acceptors (Lipinski definition) is 3. The van der Waals surface area contributed by atoms with Gasteiger partial charge in [0.05, 0.1) is 0 Å². The van der Waals surface area contributed by atoms with E-state index in [0.29, 0.717) is 12.0 Å². The summed E-state index contributed by atoms with van der Waals surface area (Å²) in [6.07, 6.45) is 0.512. The van der Waals surface area contributed by atoms with Gasteiger partial charge >= 0.3 is 0 Å². The summed E-state index contributed by atoms with van der Waals surface area (Å²) in [6.45, 7) is 8.31. The third-order valence-electron chi connectivity index (χ3n) is 3.73. The van der Waals surface area contributed by atoms with Crippen LogP contribution >= 0.6 is 0 Å². The first kappa shape index (κ1) is 14.2. The average Bonchev–Trinajstić information content (AvgIpc) is 2.46. The average molecular weight is 264 g/mol. The second kappa shape index (κ2) is 6.78. The van der Waals surface area contributed by atoms with Crippen molar-refractivity contribution in [3.63, 3.8) is 0 Å². The molecule has 1 heterocycles. The highest BCUT2D eigenvalue weighted by molar-refractivity contribution is 5.96. The van der Waals surface area contributed by atoms with Crippen molar-refractivity contribution in [3.8, 4) is 0 Å². The van der Waals surface area contributed by atoms with Crippen molar-refractivity contribution >= 4 is 5.78 Å². The summed E-state index contributed by atoms with van der Waals surface area (Å²) >= 11 is 0. The van der Waals surface area contributed by atoms with E-state index in [1.165, 1.54) is 12.1 Å². The molecular weight excluding hydrogens is 243 g/mol. The third-order valence-corrected chi connectivity index (χ3v) is 3.73. The molecule has 19 heavy (non-hydrogen) atoms. The molecule has 1 aromatic carbocycles. The number of hydrogen-bond donors (Lipinski definition) is 0. The second-order valence-corrected chi connectivity index (χ2v) is 4.96. The predicted molar refractivity (Wildman–Crippen MR) is 73.9 cm³/mol. The Balaban J connectivity index is 1.76. The first-order chi connectivity index (χ1) is 9.19. The van der Waals surface area contributed by atoms with Crippen LogP contribution in [-0.2, 0) is 0 Å². The summed E-state index contributed by atoms with van der Waals surface area (Å²) in [7, 11) is 0. The number of benzene rings is 1. The van der Waals surface area contributed by atoms with Gasteiger partial charge in [-0.3, -0.25) is 4.79 Å². The molecule has 4 heteroatoms. The summed E-state index contributed by atoms with van der Waals surface area (Å²) in [5.41, 5.74) is 0.605. The number of carbonyl (C=O) groups excluding carboxylic acids is 1. The maximum atomic E-state index is 12.8. The number of halogens is 1. The van der Waals surface area contributed by atoms with E-state index in [9.17, 15) is 9.18 Å². The van der Waals surface area contributed by atoms with Crippen molar-refractivity contribution in [1.29, 1.82) is 0 Å². The lowest BCUT2D eigenvalue weighted by atomic mass is 10.1. The molecule has 0 unspecified atom stereocenters. The lowest BCUT2D eigenvalue weighted by Crippen LogP contribution is -2.46. The van der Waals surface area contributed by atoms with Crippen LogP contribution in [0.25, 0.3) is 0 Å². The normalized spacial score (nSPS) is 17.6. The van der Waals surface area contributed by atoms with Crippen LogP contribution in [0, 0.1) is 5.82 Å². The lowest BCUT2D eigenvalue weighted by Gasteiger charge is -2.33.